The monoisotopic (exact) mass is 514 g/mol. The number of anilines is 1. The van der Waals surface area contributed by atoms with Crippen LogP contribution >= 0.6 is 11.6 Å². The van der Waals surface area contributed by atoms with Gasteiger partial charge in [-0.25, -0.2) is 9.37 Å². The summed E-state index contributed by atoms with van der Waals surface area (Å²) in [5.41, 5.74) is 6.30. The molecule has 1 heterocycles. The highest BCUT2D eigenvalue weighted by atomic mass is 35.5. The molecule has 0 aliphatic rings. The molecule has 3 amide bonds. The van der Waals surface area contributed by atoms with Gasteiger partial charge in [0.05, 0.1) is 10.6 Å². The highest BCUT2D eigenvalue weighted by molar-refractivity contribution is 6.34. The lowest BCUT2D eigenvalue weighted by atomic mass is 9.93. The molecule has 2 aromatic carbocycles. The molecule has 0 aliphatic heterocycles. The topological polar surface area (TPSA) is 122 Å². The van der Waals surface area contributed by atoms with Crippen LogP contribution in [0.25, 0.3) is 5.69 Å². The molecule has 0 atom stereocenters. The first-order valence-corrected chi connectivity index (χ1v) is 11.4. The lowest BCUT2D eigenvalue weighted by Crippen LogP contribution is -2.40. The third-order valence-electron chi connectivity index (χ3n) is 5.27. The van der Waals surface area contributed by atoms with Crippen LogP contribution in [0.1, 0.15) is 45.2 Å². The number of rotatable bonds is 9. The Labute approximate surface area is 213 Å². The van der Waals surface area contributed by atoms with Gasteiger partial charge in [-0.1, -0.05) is 25.4 Å². The van der Waals surface area contributed by atoms with Crippen molar-refractivity contribution < 1.29 is 18.8 Å². The molecule has 0 radical (unpaired) electrons. The first-order valence-electron chi connectivity index (χ1n) is 11.0. The van der Waals surface area contributed by atoms with Crippen LogP contribution in [0.5, 0.6) is 0 Å². The molecule has 190 valence electrons. The number of carbonyl (C=O) groups is 3. The fraction of sp³-hybridized carbons (Fsp3) is 0.280. The number of amides is 3. The van der Waals surface area contributed by atoms with Crippen molar-refractivity contribution in [2.45, 2.75) is 13.8 Å². The summed E-state index contributed by atoms with van der Waals surface area (Å²) in [5, 5.41) is 5.49. The third-order valence-corrected chi connectivity index (χ3v) is 5.58. The standard InChI is InChI=1S/C25H28ClFN6O3/c1-25(2,13-32(3)4)12-29-24(36)20-21(22(28)34)33(14-30-20)17-8-6-16(7-9-17)31-23(35)18-10-5-15(27)11-19(18)26/h5-11,14H,12-13H2,1-4H3,(H2,28,34)(H,29,36)(H,31,35). The summed E-state index contributed by atoms with van der Waals surface area (Å²) in [7, 11) is 3.90. The number of nitrogens with two attached hydrogens (primary N) is 1. The quantitative estimate of drug-likeness (QED) is 0.404. The molecule has 1 aromatic heterocycles. The number of imidazole rings is 1. The van der Waals surface area contributed by atoms with Crippen molar-refractivity contribution in [2.24, 2.45) is 11.1 Å². The summed E-state index contributed by atoms with van der Waals surface area (Å²) in [6.07, 6.45) is 1.34. The smallest absolute Gasteiger partial charge is 0.272 e. The first kappa shape index (κ1) is 26.8. The summed E-state index contributed by atoms with van der Waals surface area (Å²) in [4.78, 5) is 43.7. The Morgan fingerprint density at radius 1 is 1.11 bits per heavy atom. The van der Waals surface area contributed by atoms with Gasteiger partial charge in [0.1, 0.15) is 17.8 Å². The van der Waals surface area contributed by atoms with Crippen LogP contribution in [-0.4, -0.2) is 59.4 Å². The summed E-state index contributed by atoms with van der Waals surface area (Å²) < 4.78 is 14.6. The number of hydrogen-bond donors (Lipinski definition) is 3. The Balaban J connectivity index is 1.78. The van der Waals surface area contributed by atoms with Crippen molar-refractivity contribution in [3.05, 3.63) is 76.6 Å². The first-order chi connectivity index (χ1) is 16.9. The van der Waals surface area contributed by atoms with Crippen LogP contribution in [0.2, 0.25) is 5.02 Å². The van der Waals surface area contributed by atoms with Crippen LogP contribution < -0.4 is 16.4 Å². The zero-order valence-electron chi connectivity index (χ0n) is 20.4. The molecule has 9 nitrogen and oxygen atoms in total. The molecule has 3 rings (SSSR count). The zero-order chi connectivity index (χ0) is 26.6. The SMILES string of the molecule is CN(C)CC(C)(C)CNC(=O)c1ncn(-c2ccc(NC(=O)c3ccc(F)cc3Cl)cc2)c1C(N)=O. The van der Waals surface area contributed by atoms with Crippen molar-refractivity contribution in [3.8, 4) is 5.69 Å². The van der Waals surface area contributed by atoms with Gasteiger partial charge in [0.25, 0.3) is 17.7 Å². The van der Waals surface area contributed by atoms with Crippen molar-refractivity contribution in [1.29, 1.82) is 0 Å². The van der Waals surface area contributed by atoms with E-state index >= 15 is 0 Å². The highest BCUT2D eigenvalue weighted by Crippen LogP contribution is 2.21. The van der Waals surface area contributed by atoms with Crippen molar-refractivity contribution in [1.82, 2.24) is 19.8 Å². The molecule has 36 heavy (non-hydrogen) atoms. The van der Waals surface area contributed by atoms with E-state index < -0.39 is 23.5 Å². The van der Waals surface area contributed by atoms with E-state index in [2.05, 4.69) is 15.6 Å². The predicted octanol–water partition coefficient (Wildman–Crippen LogP) is 3.33. The van der Waals surface area contributed by atoms with Gasteiger partial charge in [0.15, 0.2) is 5.69 Å². The summed E-state index contributed by atoms with van der Waals surface area (Å²) in [6.45, 7) is 5.17. The minimum absolute atomic E-state index is 0.00968. The number of halogens is 2. The Morgan fingerprint density at radius 2 is 1.78 bits per heavy atom. The molecule has 3 aromatic rings. The van der Waals surface area contributed by atoms with Crippen LogP contribution in [0.3, 0.4) is 0 Å². The normalized spacial score (nSPS) is 11.4. The second-order valence-corrected chi connectivity index (χ2v) is 9.79. The van der Waals surface area contributed by atoms with E-state index in [9.17, 15) is 18.8 Å². The third kappa shape index (κ3) is 6.46. The minimum atomic E-state index is -0.812. The van der Waals surface area contributed by atoms with Gasteiger partial charge < -0.3 is 21.3 Å². The molecule has 0 spiro atoms. The van der Waals surface area contributed by atoms with Crippen LogP contribution in [0.4, 0.5) is 10.1 Å². The molecule has 0 aliphatic carbocycles. The van der Waals surface area contributed by atoms with Gasteiger partial charge in [-0.2, -0.15) is 0 Å². The Kier molecular flexibility index (Phi) is 8.11. The predicted molar refractivity (Wildman–Crippen MR) is 136 cm³/mol. The molecule has 11 heteroatoms. The van der Waals surface area contributed by atoms with E-state index in [1.165, 1.54) is 17.0 Å². The fourth-order valence-electron chi connectivity index (χ4n) is 3.84. The molecule has 0 fully saturated rings. The largest absolute Gasteiger partial charge is 0.364 e. The summed E-state index contributed by atoms with van der Waals surface area (Å²) in [5.74, 6) is -2.37. The maximum absolute atomic E-state index is 13.2. The second-order valence-electron chi connectivity index (χ2n) is 9.39. The fourth-order valence-corrected chi connectivity index (χ4v) is 4.09. The maximum atomic E-state index is 13.2. The van der Waals surface area contributed by atoms with Crippen LogP contribution in [-0.2, 0) is 0 Å². The lowest BCUT2D eigenvalue weighted by molar-refractivity contribution is 0.0910. The maximum Gasteiger partial charge on any atom is 0.272 e. The van der Waals surface area contributed by atoms with Gasteiger partial charge in [0, 0.05) is 24.5 Å². The molecule has 0 unspecified atom stereocenters. The van der Waals surface area contributed by atoms with Gasteiger partial charge >= 0.3 is 0 Å². The Morgan fingerprint density at radius 3 is 2.36 bits per heavy atom. The highest BCUT2D eigenvalue weighted by Gasteiger charge is 2.25. The number of hydrogen-bond acceptors (Lipinski definition) is 5. The molecular weight excluding hydrogens is 487 g/mol. The number of benzene rings is 2. The van der Waals surface area contributed by atoms with Crippen molar-refractivity contribution in [2.75, 3.05) is 32.5 Å². The molecule has 4 N–H and O–H groups in total. The minimum Gasteiger partial charge on any atom is -0.364 e. The second kappa shape index (κ2) is 10.9. The van der Waals surface area contributed by atoms with Crippen LogP contribution in [0.15, 0.2) is 48.8 Å². The molecule has 0 bridgehead atoms. The van der Waals surface area contributed by atoms with E-state index in [1.54, 1.807) is 24.3 Å². The van der Waals surface area contributed by atoms with Gasteiger partial charge in [-0.05, 0) is 62.0 Å². The number of nitrogens with zero attached hydrogens (tertiary/aromatic N) is 3. The number of aromatic nitrogens is 2. The van der Waals surface area contributed by atoms with Crippen molar-refractivity contribution in [3.63, 3.8) is 0 Å². The van der Waals surface area contributed by atoms with Gasteiger partial charge in [-0.15, -0.1) is 0 Å². The van der Waals surface area contributed by atoms with E-state index in [0.29, 0.717) is 17.9 Å². The zero-order valence-corrected chi connectivity index (χ0v) is 21.2. The van der Waals surface area contributed by atoms with E-state index in [0.717, 1.165) is 18.7 Å². The van der Waals surface area contributed by atoms with Crippen molar-refractivity contribution >= 4 is 35.0 Å². The van der Waals surface area contributed by atoms with E-state index in [1.807, 2.05) is 32.8 Å². The molecular formula is C25H28ClFN6O3. The molecule has 0 saturated carbocycles. The Bertz CT molecular complexity index is 1290. The van der Waals surface area contributed by atoms with E-state index in [-0.39, 0.29) is 27.4 Å². The van der Waals surface area contributed by atoms with Gasteiger partial charge in [0.2, 0.25) is 0 Å². The lowest BCUT2D eigenvalue weighted by Gasteiger charge is -2.28. The number of nitrogens with one attached hydrogen (secondary N) is 2. The molecule has 0 saturated heterocycles. The number of carbonyl (C=O) groups excluding carboxylic acids is 3. The average molecular weight is 515 g/mol. The summed E-state index contributed by atoms with van der Waals surface area (Å²) >= 11 is 5.95. The van der Waals surface area contributed by atoms with Gasteiger partial charge in [-0.3, -0.25) is 19.0 Å². The Hall–Kier alpha value is -3.76. The average Bonchev–Trinajstić information content (AvgIpc) is 3.23. The van der Waals surface area contributed by atoms with E-state index in [4.69, 9.17) is 17.3 Å². The van der Waals surface area contributed by atoms with Crippen LogP contribution in [0, 0.1) is 11.2 Å². The summed E-state index contributed by atoms with van der Waals surface area (Å²) in [6, 6.07) is 9.93. The number of primary amides is 1.